The number of carbonyl (C=O) groups is 2. The predicted octanol–water partition coefficient (Wildman–Crippen LogP) is 26.6. The molecule has 0 aromatic carbocycles. The second-order valence-electron chi connectivity index (χ2n) is 27.7. The number of aliphatic hydroxyl groups is 2. The molecule has 6 heteroatoms. The number of esters is 1. The van der Waals surface area contributed by atoms with Crippen molar-refractivity contribution in [2.75, 3.05) is 13.2 Å². The van der Waals surface area contributed by atoms with Gasteiger partial charge in [-0.1, -0.05) is 391 Å². The first-order valence-electron chi connectivity index (χ1n) is 40.3. The van der Waals surface area contributed by atoms with Crippen LogP contribution in [0.1, 0.15) is 450 Å². The zero-order valence-corrected chi connectivity index (χ0v) is 59.7. The third kappa shape index (κ3) is 73.1. The van der Waals surface area contributed by atoms with E-state index in [1.165, 1.54) is 379 Å². The Labute approximate surface area is 551 Å². The van der Waals surface area contributed by atoms with Gasteiger partial charge in [0.2, 0.25) is 5.91 Å². The van der Waals surface area contributed by atoms with Crippen LogP contribution in [0, 0.1) is 0 Å². The van der Waals surface area contributed by atoms with Crippen LogP contribution in [0.4, 0.5) is 0 Å². The van der Waals surface area contributed by atoms with Crippen LogP contribution in [0.15, 0.2) is 36.5 Å². The Bertz CT molecular complexity index is 1430. The fraction of sp³-hybridized carbons (Fsp3) is 0.902. The Morgan fingerprint density at radius 3 is 0.807 bits per heavy atom. The summed E-state index contributed by atoms with van der Waals surface area (Å²) in [5.41, 5.74) is 0. The number of unbranched alkanes of at least 4 members (excludes halogenated alkanes) is 61. The molecule has 0 saturated carbocycles. The van der Waals surface area contributed by atoms with Gasteiger partial charge in [0, 0.05) is 12.8 Å². The van der Waals surface area contributed by atoms with Crippen LogP contribution in [0.2, 0.25) is 0 Å². The molecule has 0 aromatic rings. The van der Waals surface area contributed by atoms with Gasteiger partial charge >= 0.3 is 5.97 Å². The highest BCUT2D eigenvalue weighted by atomic mass is 16.5. The number of allylic oxidation sites excluding steroid dienone is 5. The van der Waals surface area contributed by atoms with Crippen LogP contribution in [-0.4, -0.2) is 47.4 Å². The van der Waals surface area contributed by atoms with Crippen LogP contribution in [0.25, 0.3) is 0 Å². The standard InChI is InChI=1S/C82H157NO5/c1-3-5-7-9-11-13-15-17-19-21-23-24-33-36-39-42-46-50-54-58-62-66-70-74-80(85)79(78-84)83-81(86)75-71-67-63-59-55-51-47-43-40-37-34-31-29-27-25-26-28-30-32-35-38-41-45-49-53-57-61-65-69-73-77-88-82(87)76-72-68-64-60-56-52-48-44-22-20-18-16-14-12-10-8-6-4-2/h20,22,26,28,70,74,79-80,84-85H,3-19,21,23-25,27,29-69,71-73,75-78H2,1-2H3,(H,83,86)/b22-20-,28-26-,74-70+. The van der Waals surface area contributed by atoms with Crippen LogP contribution < -0.4 is 5.32 Å². The lowest BCUT2D eigenvalue weighted by Gasteiger charge is -2.20. The topological polar surface area (TPSA) is 95.9 Å². The van der Waals surface area contributed by atoms with E-state index in [1.807, 2.05) is 6.08 Å². The summed E-state index contributed by atoms with van der Waals surface area (Å²) in [5.74, 6) is -0.0469. The van der Waals surface area contributed by atoms with E-state index in [0.717, 1.165) is 44.9 Å². The molecule has 1 amide bonds. The summed E-state index contributed by atoms with van der Waals surface area (Å²) in [6, 6.07) is -0.628. The number of nitrogens with one attached hydrogen (secondary N) is 1. The van der Waals surface area contributed by atoms with Crippen molar-refractivity contribution in [3.05, 3.63) is 36.5 Å². The average Bonchev–Trinajstić information content (AvgIpc) is 3.59. The maximum Gasteiger partial charge on any atom is 0.305 e. The molecule has 6 nitrogen and oxygen atoms in total. The van der Waals surface area contributed by atoms with E-state index in [1.54, 1.807) is 6.08 Å². The number of ether oxygens (including phenoxy) is 1. The number of aliphatic hydroxyl groups excluding tert-OH is 2. The van der Waals surface area contributed by atoms with Crippen LogP contribution in [-0.2, 0) is 14.3 Å². The molecule has 0 aliphatic carbocycles. The maximum absolute atomic E-state index is 12.6. The molecule has 0 aromatic heterocycles. The second-order valence-corrected chi connectivity index (χ2v) is 27.7. The van der Waals surface area contributed by atoms with Crippen molar-refractivity contribution in [3.63, 3.8) is 0 Å². The highest BCUT2D eigenvalue weighted by Gasteiger charge is 2.18. The molecule has 0 bridgehead atoms. The zero-order chi connectivity index (χ0) is 63.5. The summed E-state index contributed by atoms with van der Waals surface area (Å²) in [6.07, 6.45) is 101. The van der Waals surface area contributed by atoms with Crippen LogP contribution >= 0.6 is 0 Å². The van der Waals surface area contributed by atoms with E-state index in [4.69, 9.17) is 4.74 Å². The zero-order valence-electron chi connectivity index (χ0n) is 59.7. The lowest BCUT2D eigenvalue weighted by Crippen LogP contribution is -2.45. The fourth-order valence-electron chi connectivity index (χ4n) is 12.7. The van der Waals surface area contributed by atoms with Crippen LogP contribution in [0.5, 0.6) is 0 Å². The SMILES string of the molecule is CCCCCCCCC/C=C\CCCCCCCCCC(=O)OCCCCCCCCCCCCCC/C=C\CCCCCCCCCCCCCCCCC(=O)NC(CO)C(O)/C=C/CCCCCCCCCCCCCCCCCCCCCCC. The van der Waals surface area contributed by atoms with E-state index >= 15 is 0 Å². The minimum atomic E-state index is -0.845. The van der Waals surface area contributed by atoms with Gasteiger partial charge in [-0.15, -0.1) is 0 Å². The number of hydrogen-bond donors (Lipinski definition) is 3. The van der Waals surface area contributed by atoms with Gasteiger partial charge < -0.3 is 20.3 Å². The third-order valence-electron chi connectivity index (χ3n) is 18.9. The third-order valence-corrected chi connectivity index (χ3v) is 18.9. The Balaban J connectivity index is 3.38. The lowest BCUT2D eigenvalue weighted by atomic mass is 10.0. The minimum Gasteiger partial charge on any atom is -0.466 e. The van der Waals surface area contributed by atoms with Gasteiger partial charge in [0.15, 0.2) is 0 Å². The monoisotopic (exact) mass is 1240 g/mol. The van der Waals surface area contributed by atoms with Gasteiger partial charge in [0.25, 0.3) is 0 Å². The minimum absolute atomic E-state index is 0.0148. The second kappa shape index (κ2) is 77.5. The molecule has 0 rings (SSSR count). The van der Waals surface area contributed by atoms with Crippen molar-refractivity contribution < 1.29 is 24.5 Å². The van der Waals surface area contributed by atoms with Crippen LogP contribution in [0.3, 0.4) is 0 Å². The smallest absolute Gasteiger partial charge is 0.305 e. The Morgan fingerprint density at radius 2 is 0.534 bits per heavy atom. The molecular weight excluding hydrogens is 1080 g/mol. The molecule has 0 radical (unpaired) electrons. The molecule has 0 heterocycles. The Kier molecular flexibility index (Phi) is 75.8. The summed E-state index contributed by atoms with van der Waals surface area (Å²) in [6.45, 7) is 4.95. The number of amides is 1. The summed E-state index contributed by atoms with van der Waals surface area (Å²) in [5, 5.41) is 23.3. The summed E-state index contributed by atoms with van der Waals surface area (Å²) in [7, 11) is 0. The number of hydrogen-bond acceptors (Lipinski definition) is 5. The highest BCUT2D eigenvalue weighted by molar-refractivity contribution is 5.76. The lowest BCUT2D eigenvalue weighted by molar-refractivity contribution is -0.143. The first kappa shape index (κ1) is 86.1. The fourth-order valence-corrected chi connectivity index (χ4v) is 12.7. The van der Waals surface area contributed by atoms with Gasteiger partial charge in [0.05, 0.1) is 25.4 Å². The summed E-state index contributed by atoms with van der Waals surface area (Å²) < 4.78 is 5.51. The van der Waals surface area contributed by atoms with Crippen molar-refractivity contribution in [1.29, 1.82) is 0 Å². The Hall–Kier alpha value is -1.92. The molecule has 2 atom stereocenters. The molecule has 0 saturated heterocycles. The molecule has 3 N–H and O–H groups in total. The van der Waals surface area contributed by atoms with E-state index in [0.29, 0.717) is 19.4 Å². The van der Waals surface area contributed by atoms with E-state index in [9.17, 15) is 19.8 Å². The summed E-state index contributed by atoms with van der Waals surface area (Å²) in [4.78, 5) is 24.7. The van der Waals surface area contributed by atoms with Crippen molar-refractivity contribution in [2.24, 2.45) is 0 Å². The summed E-state index contributed by atoms with van der Waals surface area (Å²) >= 11 is 0. The van der Waals surface area contributed by atoms with Gasteiger partial charge in [-0.25, -0.2) is 0 Å². The maximum atomic E-state index is 12.6. The number of carbonyl (C=O) groups excluding carboxylic acids is 2. The highest BCUT2D eigenvalue weighted by Crippen LogP contribution is 2.20. The number of rotatable bonds is 76. The first-order chi connectivity index (χ1) is 43.5. The van der Waals surface area contributed by atoms with Gasteiger partial charge in [-0.3, -0.25) is 9.59 Å². The molecule has 520 valence electrons. The van der Waals surface area contributed by atoms with Gasteiger partial charge in [-0.2, -0.15) is 0 Å². The Morgan fingerprint density at radius 1 is 0.307 bits per heavy atom. The van der Waals surface area contributed by atoms with E-state index in [-0.39, 0.29) is 18.5 Å². The van der Waals surface area contributed by atoms with Crippen molar-refractivity contribution >= 4 is 11.9 Å². The van der Waals surface area contributed by atoms with Gasteiger partial charge in [0.1, 0.15) is 0 Å². The predicted molar refractivity (Wildman–Crippen MR) is 389 cm³/mol. The van der Waals surface area contributed by atoms with E-state index < -0.39 is 12.1 Å². The quantitative estimate of drug-likeness (QED) is 0.0320. The van der Waals surface area contributed by atoms with Crippen molar-refractivity contribution in [2.45, 2.75) is 463 Å². The molecule has 88 heavy (non-hydrogen) atoms. The normalized spacial score (nSPS) is 12.6. The van der Waals surface area contributed by atoms with Crippen molar-refractivity contribution in [3.8, 4) is 0 Å². The van der Waals surface area contributed by atoms with Crippen molar-refractivity contribution in [1.82, 2.24) is 5.32 Å². The molecule has 0 fully saturated rings. The molecule has 0 aliphatic heterocycles. The molecule has 2 unspecified atom stereocenters. The molecular formula is C82H157NO5. The molecule has 0 spiro atoms. The van der Waals surface area contributed by atoms with E-state index in [2.05, 4.69) is 43.5 Å². The largest absolute Gasteiger partial charge is 0.466 e. The first-order valence-corrected chi connectivity index (χ1v) is 40.3. The van der Waals surface area contributed by atoms with Gasteiger partial charge in [-0.05, 0) is 83.5 Å². The molecule has 0 aliphatic rings. The average molecular weight is 1240 g/mol.